The summed E-state index contributed by atoms with van der Waals surface area (Å²) >= 11 is 0. The number of anilines is 1. The highest BCUT2D eigenvalue weighted by Crippen LogP contribution is 2.21. The van der Waals surface area contributed by atoms with Crippen LogP contribution in [0.4, 0.5) is 5.69 Å². The van der Waals surface area contributed by atoms with Crippen LogP contribution in [-0.4, -0.2) is 68.0 Å². The number of nitrogens with one attached hydrogen (secondary N) is 1. The number of amides is 2. The fourth-order valence-electron chi connectivity index (χ4n) is 3.69. The number of aromatic nitrogens is 1. The third kappa shape index (κ3) is 5.62. The molecule has 0 bridgehead atoms. The van der Waals surface area contributed by atoms with Crippen LogP contribution < -0.4 is 9.46 Å². The molecule has 35 heavy (non-hydrogen) atoms. The number of hydrogen-bond donors (Lipinski definition) is 1. The molecule has 1 aliphatic rings. The lowest BCUT2D eigenvalue weighted by Gasteiger charge is -2.34. The number of hydrogen-bond acceptors (Lipinski definition) is 7. The first-order valence-corrected chi connectivity index (χ1v) is 12.6. The van der Waals surface area contributed by atoms with E-state index in [1.54, 1.807) is 47.1 Å². The number of nitrogens with zero attached hydrogens (tertiary/aromatic N) is 3. The molecule has 0 radical (unpaired) electrons. The molecule has 1 N–H and O–H groups in total. The highest BCUT2D eigenvalue weighted by atomic mass is 32.2. The summed E-state index contributed by atoms with van der Waals surface area (Å²) in [5.74, 6) is 0.345. The van der Waals surface area contributed by atoms with E-state index in [-0.39, 0.29) is 22.5 Å². The van der Waals surface area contributed by atoms with E-state index in [2.05, 4.69) is 9.88 Å². The van der Waals surface area contributed by atoms with E-state index in [0.29, 0.717) is 55.5 Å². The molecule has 0 atom stereocenters. The van der Waals surface area contributed by atoms with Crippen molar-refractivity contribution in [3.8, 4) is 5.75 Å². The number of carbonyl (C=O) groups excluding carboxylic acids is 2. The van der Waals surface area contributed by atoms with E-state index in [1.807, 2.05) is 6.92 Å². The van der Waals surface area contributed by atoms with Crippen LogP contribution in [0.15, 0.2) is 64.0 Å². The minimum atomic E-state index is -3.82. The van der Waals surface area contributed by atoms with Gasteiger partial charge in [-0.3, -0.25) is 14.3 Å². The molecule has 1 aliphatic heterocycles. The van der Waals surface area contributed by atoms with Crippen LogP contribution in [0, 0.1) is 6.92 Å². The van der Waals surface area contributed by atoms with Crippen LogP contribution in [-0.2, 0) is 10.0 Å². The molecule has 2 aromatic carbocycles. The first-order chi connectivity index (χ1) is 16.8. The fourth-order valence-corrected chi connectivity index (χ4v) is 4.75. The average molecular weight is 499 g/mol. The molecule has 0 spiro atoms. The molecule has 1 fully saturated rings. The van der Waals surface area contributed by atoms with Crippen LogP contribution in [0.1, 0.15) is 33.5 Å². The maximum atomic E-state index is 12.9. The summed E-state index contributed by atoms with van der Waals surface area (Å²) in [5, 5.41) is 3.73. The van der Waals surface area contributed by atoms with Gasteiger partial charge in [-0.15, -0.1) is 0 Å². The highest BCUT2D eigenvalue weighted by Gasteiger charge is 2.27. The predicted octanol–water partition coefficient (Wildman–Crippen LogP) is 2.78. The van der Waals surface area contributed by atoms with Crippen LogP contribution in [0.5, 0.6) is 5.75 Å². The molecule has 184 valence electrons. The number of rotatable bonds is 7. The molecule has 0 aliphatic carbocycles. The van der Waals surface area contributed by atoms with E-state index in [9.17, 15) is 18.0 Å². The Morgan fingerprint density at radius 2 is 1.57 bits per heavy atom. The van der Waals surface area contributed by atoms with Gasteiger partial charge < -0.3 is 19.1 Å². The molecule has 1 aromatic heterocycles. The van der Waals surface area contributed by atoms with Crippen LogP contribution in [0.25, 0.3) is 0 Å². The zero-order valence-electron chi connectivity index (χ0n) is 19.4. The molecule has 11 heteroatoms. The van der Waals surface area contributed by atoms with E-state index in [0.717, 1.165) is 0 Å². The number of piperazine rings is 1. The van der Waals surface area contributed by atoms with E-state index in [4.69, 9.17) is 9.26 Å². The Morgan fingerprint density at radius 3 is 2.11 bits per heavy atom. The molecule has 2 heterocycles. The lowest BCUT2D eigenvalue weighted by atomic mass is 10.2. The summed E-state index contributed by atoms with van der Waals surface area (Å²) in [6.45, 7) is 5.57. The second-order valence-corrected chi connectivity index (χ2v) is 9.69. The SMILES string of the molecule is CCOc1ccc(NS(=O)(=O)c2ccc(C(=O)N3CCN(C(=O)c4cc(C)no4)CC3)cc2)cc1. The Balaban J connectivity index is 1.35. The summed E-state index contributed by atoms with van der Waals surface area (Å²) in [6, 6.07) is 14.0. The molecule has 2 amide bonds. The van der Waals surface area contributed by atoms with Crippen LogP contribution in [0.2, 0.25) is 0 Å². The predicted molar refractivity (Wildman–Crippen MR) is 128 cm³/mol. The van der Waals surface area contributed by atoms with Gasteiger partial charge in [0.15, 0.2) is 0 Å². The van der Waals surface area contributed by atoms with Crippen molar-refractivity contribution in [1.29, 1.82) is 0 Å². The van der Waals surface area contributed by atoms with Gasteiger partial charge in [-0.25, -0.2) is 8.42 Å². The Labute approximate surface area is 203 Å². The molecule has 1 saturated heterocycles. The van der Waals surface area contributed by atoms with E-state index >= 15 is 0 Å². The van der Waals surface area contributed by atoms with Gasteiger partial charge in [-0.2, -0.15) is 0 Å². The largest absolute Gasteiger partial charge is 0.494 e. The van der Waals surface area contributed by atoms with Crippen molar-refractivity contribution in [2.24, 2.45) is 0 Å². The molecular formula is C24H26N4O6S. The molecular weight excluding hydrogens is 472 g/mol. The monoisotopic (exact) mass is 498 g/mol. The van der Waals surface area contributed by atoms with Crippen molar-refractivity contribution < 1.29 is 27.3 Å². The Bertz CT molecular complexity index is 1290. The van der Waals surface area contributed by atoms with Gasteiger partial charge in [-0.1, -0.05) is 5.16 Å². The summed E-state index contributed by atoms with van der Waals surface area (Å²) < 4.78 is 38.4. The lowest BCUT2D eigenvalue weighted by molar-refractivity contribution is 0.0512. The first-order valence-electron chi connectivity index (χ1n) is 11.1. The van der Waals surface area contributed by atoms with Crippen molar-refractivity contribution >= 4 is 27.5 Å². The van der Waals surface area contributed by atoms with Gasteiger partial charge in [0.1, 0.15) is 5.75 Å². The fraction of sp³-hybridized carbons (Fsp3) is 0.292. The van der Waals surface area contributed by atoms with Crippen LogP contribution >= 0.6 is 0 Å². The summed E-state index contributed by atoms with van der Waals surface area (Å²) in [6.07, 6.45) is 0. The Kier molecular flexibility index (Phi) is 7.06. The normalized spacial score (nSPS) is 14.0. The Hall–Kier alpha value is -3.86. The van der Waals surface area contributed by atoms with Gasteiger partial charge in [0.2, 0.25) is 5.76 Å². The number of ether oxygens (including phenoxy) is 1. The van der Waals surface area contributed by atoms with Crippen molar-refractivity contribution in [3.63, 3.8) is 0 Å². The summed E-state index contributed by atoms with van der Waals surface area (Å²) in [4.78, 5) is 28.7. The second-order valence-electron chi connectivity index (χ2n) is 8.00. The third-order valence-corrected chi connectivity index (χ3v) is 6.92. The third-order valence-electron chi connectivity index (χ3n) is 5.52. The number of aryl methyl sites for hydroxylation is 1. The maximum absolute atomic E-state index is 12.9. The smallest absolute Gasteiger partial charge is 0.292 e. The lowest BCUT2D eigenvalue weighted by Crippen LogP contribution is -2.50. The van der Waals surface area contributed by atoms with Crippen molar-refractivity contribution in [2.75, 3.05) is 37.5 Å². The molecule has 10 nitrogen and oxygen atoms in total. The van der Waals surface area contributed by atoms with Gasteiger partial charge in [0, 0.05) is 43.5 Å². The van der Waals surface area contributed by atoms with Crippen molar-refractivity contribution in [2.45, 2.75) is 18.7 Å². The van der Waals surface area contributed by atoms with Gasteiger partial charge in [-0.05, 0) is 62.4 Å². The number of sulfonamides is 1. The zero-order chi connectivity index (χ0) is 25.0. The molecule has 0 saturated carbocycles. The standard InChI is InChI=1S/C24H26N4O6S/c1-3-33-20-8-6-19(7-9-20)26-35(31,32)21-10-4-18(5-11-21)23(29)27-12-14-28(15-13-27)24(30)22-16-17(2)25-34-22/h4-11,16,26H,3,12-15H2,1-2H3. The van der Waals surface area contributed by atoms with Crippen LogP contribution in [0.3, 0.4) is 0 Å². The maximum Gasteiger partial charge on any atom is 0.292 e. The average Bonchev–Trinajstić information content (AvgIpc) is 3.31. The molecule has 4 rings (SSSR count). The minimum absolute atomic E-state index is 0.0423. The minimum Gasteiger partial charge on any atom is -0.494 e. The van der Waals surface area contributed by atoms with E-state index in [1.165, 1.54) is 24.3 Å². The number of carbonyl (C=O) groups is 2. The van der Waals surface area contributed by atoms with Crippen molar-refractivity contribution in [3.05, 3.63) is 71.6 Å². The van der Waals surface area contributed by atoms with Crippen molar-refractivity contribution in [1.82, 2.24) is 15.0 Å². The molecule has 3 aromatic rings. The summed E-state index contributed by atoms with van der Waals surface area (Å²) in [7, 11) is -3.82. The second kappa shape index (κ2) is 10.2. The highest BCUT2D eigenvalue weighted by molar-refractivity contribution is 7.92. The van der Waals surface area contributed by atoms with Gasteiger partial charge in [0.05, 0.1) is 17.2 Å². The quantitative estimate of drug-likeness (QED) is 0.531. The first kappa shape index (κ1) is 24.3. The summed E-state index contributed by atoms with van der Waals surface area (Å²) in [5.41, 5.74) is 1.40. The topological polar surface area (TPSA) is 122 Å². The number of benzene rings is 2. The van der Waals surface area contributed by atoms with Gasteiger partial charge in [0.25, 0.3) is 21.8 Å². The Morgan fingerprint density at radius 1 is 0.971 bits per heavy atom. The molecule has 0 unspecified atom stereocenters. The van der Waals surface area contributed by atoms with Gasteiger partial charge >= 0.3 is 0 Å². The van der Waals surface area contributed by atoms with E-state index < -0.39 is 10.0 Å². The zero-order valence-corrected chi connectivity index (χ0v) is 20.2.